The van der Waals surface area contributed by atoms with Gasteiger partial charge in [-0.15, -0.1) is 0 Å². The van der Waals surface area contributed by atoms with Crippen molar-refractivity contribution in [2.75, 3.05) is 20.6 Å². The summed E-state index contributed by atoms with van der Waals surface area (Å²) in [6.07, 6.45) is 0. The number of carbonyl (C=O) groups excluding carboxylic acids is 1. The van der Waals surface area contributed by atoms with E-state index in [0.29, 0.717) is 0 Å². The summed E-state index contributed by atoms with van der Waals surface area (Å²) >= 11 is 0. The molecule has 2 N–H and O–H groups in total. The third kappa shape index (κ3) is 3.56. The van der Waals surface area contributed by atoms with Gasteiger partial charge in [0.05, 0.1) is 0 Å². The van der Waals surface area contributed by atoms with Crippen molar-refractivity contribution in [3.63, 3.8) is 0 Å². The molecular formula is C13H18N2O3. The van der Waals surface area contributed by atoms with Gasteiger partial charge in [0, 0.05) is 0 Å². The maximum Gasteiger partial charge on any atom is 0.322 e. The summed E-state index contributed by atoms with van der Waals surface area (Å²) in [5.74, 6) is -1.36. The van der Waals surface area contributed by atoms with E-state index in [1.54, 1.807) is 19.0 Å². The van der Waals surface area contributed by atoms with Crippen LogP contribution in [0.15, 0.2) is 24.3 Å². The van der Waals surface area contributed by atoms with E-state index in [1.165, 1.54) is 0 Å². The number of hydrogen-bond acceptors (Lipinski definition) is 3. The van der Waals surface area contributed by atoms with Gasteiger partial charge in [-0.25, -0.2) is 0 Å². The third-order valence-electron chi connectivity index (χ3n) is 2.66. The number of likely N-dealkylation sites (N-methyl/N-ethyl adjacent to an activating group) is 1. The molecule has 1 aromatic rings. The van der Waals surface area contributed by atoms with Gasteiger partial charge in [-0.2, -0.15) is 0 Å². The SMILES string of the molecule is Cc1ccccc1[C@H](C(=O)NCC(=O)O)N(C)C. The number of carbonyl (C=O) groups is 2. The van der Waals surface area contributed by atoms with Crippen molar-refractivity contribution >= 4 is 11.9 Å². The van der Waals surface area contributed by atoms with Gasteiger partial charge in [0.25, 0.3) is 0 Å². The zero-order valence-corrected chi connectivity index (χ0v) is 10.8. The number of aryl methyl sites for hydroxylation is 1. The minimum atomic E-state index is -1.05. The molecule has 0 unspecified atom stereocenters. The van der Waals surface area contributed by atoms with Crippen molar-refractivity contribution in [1.29, 1.82) is 0 Å². The molecule has 1 atom stereocenters. The highest BCUT2D eigenvalue weighted by Crippen LogP contribution is 2.21. The Kier molecular flexibility index (Phi) is 4.85. The van der Waals surface area contributed by atoms with Gasteiger partial charge in [-0.1, -0.05) is 24.3 Å². The second-order valence-electron chi connectivity index (χ2n) is 4.33. The van der Waals surface area contributed by atoms with Gasteiger partial charge in [0.2, 0.25) is 5.91 Å². The van der Waals surface area contributed by atoms with Crippen LogP contribution < -0.4 is 5.32 Å². The molecule has 5 heteroatoms. The molecule has 0 fully saturated rings. The predicted molar refractivity (Wildman–Crippen MR) is 68.3 cm³/mol. The van der Waals surface area contributed by atoms with Crippen LogP contribution in [0.1, 0.15) is 17.2 Å². The first kappa shape index (κ1) is 14.2. The van der Waals surface area contributed by atoms with Crippen molar-refractivity contribution in [3.05, 3.63) is 35.4 Å². The highest BCUT2D eigenvalue weighted by atomic mass is 16.4. The lowest BCUT2D eigenvalue weighted by atomic mass is 10.00. The average Bonchev–Trinajstić information content (AvgIpc) is 2.29. The summed E-state index contributed by atoms with van der Waals surface area (Å²) in [6.45, 7) is 1.56. The Morgan fingerprint density at radius 1 is 1.33 bits per heavy atom. The number of carboxylic acids is 1. The van der Waals surface area contributed by atoms with Crippen LogP contribution in [0, 0.1) is 6.92 Å². The first-order valence-corrected chi connectivity index (χ1v) is 5.65. The summed E-state index contributed by atoms with van der Waals surface area (Å²) in [6, 6.07) is 7.09. The molecule has 0 radical (unpaired) electrons. The van der Waals surface area contributed by atoms with E-state index in [9.17, 15) is 9.59 Å². The molecule has 0 heterocycles. The largest absolute Gasteiger partial charge is 0.480 e. The van der Waals surface area contributed by atoms with Gasteiger partial charge < -0.3 is 10.4 Å². The molecule has 0 aliphatic heterocycles. The lowest BCUT2D eigenvalue weighted by molar-refractivity contribution is -0.138. The lowest BCUT2D eigenvalue weighted by Gasteiger charge is -2.24. The zero-order chi connectivity index (χ0) is 13.7. The van der Waals surface area contributed by atoms with Crippen LogP contribution in [-0.4, -0.2) is 42.5 Å². The molecule has 0 saturated heterocycles. The number of amides is 1. The van der Waals surface area contributed by atoms with Crippen LogP contribution in [0.2, 0.25) is 0 Å². The maximum absolute atomic E-state index is 12.0. The maximum atomic E-state index is 12.0. The number of benzene rings is 1. The average molecular weight is 250 g/mol. The van der Waals surface area contributed by atoms with E-state index in [-0.39, 0.29) is 12.5 Å². The van der Waals surface area contributed by atoms with Gasteiger partial charge in [0.1, 0.15) is 12.6 Å². The van der Waals surface area contributed by atoms with Gasteiger partial charge in [-0.3, -0.25) is 14.5 Å². The van der Waals surface area contributed by atoms with Gasteiger partial charge >= 0.3 is 5.97 Å². The summed E-state index contributed by atoms with van der Waals surface area (Å²) in [4.78, 5) is 24.3. The standard InChI is InChI=1S/C13H18N2O3/c1-9-6-4-5-7-10(9)12(15(2)3)13(18)14-8-11(16)17/h4-7,12H,8H2,1-3H3,(H,14,18)(H,16,17)/t12-/m1/s1. The Labute approximate surface area is 106 Å². The van der Waals surface area contributed by atoms with E-state index in [1.807, 2.05) is 31.2 Å². The van der Waals surface area contributed by atoms with E-state index in [2.05, 4.69) is 5.32 Å². The molecular weight excluding hydrogens is 232 g/mol. The van der Waals surface area contributed by atoms with E-state index >= 15 is 0 Å². The molecule has 1 rings (SSSR count). The lowest BCUT2D eigenvalue weighted by Crippen LogP contribution is -2.39. The minimum absolute atomic E-state index is 0.309. The highest BCUT2D eigenvalue weighted by molar-refractivity contribution is 5.86. The van der Waals surface area contributed by atoms with Crippen molar-refractivity contribution in [2.45, 2.75) is 13.0 Å². The summed E-state index contributed by atoms with van der Waals surface area (Å²) in [5.41, 5.74) is 1.88. The second kappa shape index (κ2) is 6.16. The molecule has 1 amide bonds. The molecule has 0 aromatic heterocycles. The Bertz CT molecular complexity index is 444. The molecule has 0 aliphatic rings. The number of nitrogens with one attached hydrogen (secondary N) is 1. The fraction of sp³-hybridized carbons (Fsp3) is 0.385. The first-order valence-electron chi connectivity index (χ1n) is 5.65. The molecule has 98 valence electrons. The zero-order valence-electron chi connectivity index (χ0n) is 10.8. The van der Waals surface area contributed by atoms with E-state index < -0.39 is 12.0 Å². The normalized spacial score (nSPS) is 12.2. The Morgan fingerprint density at radius 2 is 1.94 bits per heavy atom. The monoisotopic (exact) mass is 250 g/mol. The molecule has 1 aromatic carbocycles. The summed E-state index contributed by atoms with van der Waals surface area (Å²) in [7, 11) is 3.58. The number of nitrogens with zero attached hydrogens (tertiary/aromatic N) is 1. The van der Waals surface area contributed by atoms with E-state index in [4.69, 9.17) is 5.11 Å². The van der Waals surface area contributed by atoms with Gasteiger partial charge in [-0.05, 0) is 32.1 Å². The van der Waals surface area contributed by atoms with Crippen molar-refractivity contribution in [3.8, 4) is 0 Å². The molecule has 0 bridgehead atoms. The number of hydrogen-bond donors (Lipinski definition) is 2. The first-order chi connectivity index (χ1) is 8.43. The number of carboxylic acid groups (broad SMARTS) is 1. The Balaban J connectivity index is 2.93. The quantitative estimate of drug-likeness (QED) is 0.811. The van der Waals surface area contributed by atoms with Crippen LogP contribution in [0.4, 0.5) is 0 Å². The fourth-order valence-electron chi connectivity index (χ4n) is 1.81. The van der Waals surface area contributed by atoms with Crippen LogP contribution in [0.5, 0.6) is 0 Å². The molecule has 18 heavy (non-hydrogen) atoms. The predicted octanol–water partition coefficient (Wildman–Crippen LogP) is 0.799. The molecule has 0 saturated carbocycles. The molecule has 0 aliphatic carbocycles. The van der Waals surface area contributed by atoms with Crippen LogP contribution in [0.25, 0.3) is 0 Å². The van der Waals surface area contributed by atoms with Crippen molar-refractivity contribution in [2.24, 2.45) is 0 Å². The smallest absolute Gasteiger partial charge is 0.322 e. The van der Waals surface area contributed by atoms with Crippen molar-refractivity contribution in [1.82, 2.24) is 10.2 Å². The van der Waals surface area contributed by atoms with Crippen LogP contribution in [-0.2, 0) is 9.59 Å². The highest BCUT2D eigenvalue weighted by Gasteiger charge is 2.24. The van der Waals surface area contributed by atoms with Crippen LogP contribution >= 0.6 is 0 Å². The number of aliphatic carboxylic acids is 1. The topological polar surface area (TPSA) is 69.6 Å². The molecule has 5 nitrogen and oxygen atoms in total. The molecule has 0 spiro atoms. The fourth-order valence-corrected chi connectivity index (χ4v) is 1.81. The third-order valence-corrected chi connectivity index (χ3v) is 2.66. The second-order valence-corrected chi connectivity index (χ2v) is 4.33. The van der Waals surface area contributed by atoms with E-state index in [0.717, 1.165) is 11.1 Å². The Hall–Kier alpha value is -1.88. The Morgan fingerprint density at radius 3 is 2.44 bits per heavy atom. The number of rotatable bonds is 5. The van der Waals surface area contributed by atoms with Crippen molar-refractivity contribution < 1.29 is 14.7 Å². The minimum Gasteiger partial charge on any atom is -0.480 e. The van der Waals surface area contributed by atoms with Crippen LogP contribution in [0.3, 0.4) is 0 Å². The van der Waals surface area contributed by atoms with Gasteiger partial charge in [0.15, 0.2) is 0 Å². The summed E-state index contributed by atoms with van der Waals surface area (Å²) < 4.78 is 0. The summed E-state index contributed by atoms with van der Waals surface area (Å²) in [5, 5.41) is 11.0.